The summed E-state index contributed by atoms with van der Waals surface area (Å²) in [5.41, 5.74) is 0.796. The molecule has 1 fully saturated rings. The summed E-state index contributed by atoms with van der Waals surface area (Å²) in [4.78, 5) is 13.1. The van der Waals surface area contributed by atoms with Gasteiger partial charge in [0.05, 0.1) is 12.0 Å². The number of piperidine rings is 1. The number of aliphatic hydroxyl groups is 1. The summed E-state index contributed by atoms with van der Waals surface area (Å²) in [6.07, 6.45) is 0.670. The summed E-state index contributed by atoms with van der Waals surface area (Å²) in [6.45, 7) is 2.99. The van der Waals surface area contributed by atoms with E-state index in [1.807, 2.05) is 18.2 Å². The molecule has 120 valence electrons. The third kappa shape index (κ3) is 3.34. The molecular weight excluding hydrogens is 286 g/mol. The van der Waals surface area contributed by atoms with Crippen LogP contribution in [0.5, 0.6) is 11.5 Å². The minimum Gasteiger partial charge on any atom is -0.486 e. The Labute approximate surface area is 129 Å². The first-order valence-electron chi connectivity index (χ1n) is 7.66. The second-order valence-corrected chi connectivity index (χ2v) is 5.83. The molecule has 2 aliphatic heterocycles. The van der Waals surface area contributed by atoms with Crippen LogP contribution in [0.1, 0.15) is 24.5 Å². The van der Waals surface area contributed by atoms with E-state index in [-0.39, 0.29) is 5.92 Å². The zero-order chi connectivity index (χ0) is 15.5. The summed E-state index contributed by atoms with van der Waals surface area (Å²) >= 11 is 0. The summed E-state index contributed by atoms with van der Waals surface area (Å²) < 4.78 is 11.0. The minimum absolute atomic E-state index is 0.248. The van der Waals surface area contributed by atoms with Crippen LogP contribution in [0.4, 0.5) is 0 Å². The molecule has 6 nitrogen and oxygen atoms in total. The van der Waals surface area contributed by atoms with Gasteiger partial charge >= 0.3 is 5.97 Å². The van der Waals surface area contributed by atoms with Gasteiger partial charge in [0, 0.05) is 6.54 Å². The van der Waals surface area contributed by atoms with Crippen molar-refractivity contribution in [3.8, 4) is 11.5 Å². The standard InChI is InChI=1S/C16H21NO5/c18-13(10-17-5-3-11(4-6-17)16(19)20)12-1-2-14-15(9-12)22-8-7-21-14/h1-2,9,11,13,18H,3-8,10H2,(H,19,20). The summed E-state index contributed by atoms with van der Waals surface area (Å²) in [5.74, 6) is 0.423. The Morgan fingerprint density at radius 2 is 1.91 bits per heavy atom. The van der Waals surface area contributed by atoms with Crippen molar-refractivity contribution >= 4 is 5.97 Å². The molecule has 0 aromatic heterocycles. The molecule has 0 radical (unpaired) electrons. The highest BCUT2D eigenvalue weighted by molar-refractivity contribution is 5.70. The van der Waals surface area contributed by atoms with Crippen LogP contribution in [0.15, 0.2) is 18.2 Å². The van der Waals surface area contributed by atoms with Gasteiger partial charge in [-0.1, -0.05) is 6.07 Å². The predicted molar refractivity (Wildman–Crippen MR) is 79.2 cm³/mol. The third-order valence-corrected chi connectivity index (χ3v) is 4.32. The Hall–Kier alpha value is -1.79. The fraction of sp³-hybridized carbons (Fsp3) is 0.562. The molecule has 22 heavy (non-hydrogen) atoms. The number of aliphatic carboxylic acids is 1. The maximum atomic E-state index is 10.9. The summed E-state index contributed by atoms with van der Waals surface area (Å²) in [6, 6.07) is 5.50. The number of β-amino-alcohol motifs (C(OH)–C–C–N with tert-alkyl or cyclic N) is 1. The van der Waals surface area contributed by atoms with E-state index in [1.54, 1.807) is 0 Å². The fourth-order valence-electron chi connectivity index (χ4n) is 2.98. The molecule has 1 atom stereocenters. The topological polar surface area (TPSA) is 79.2 Å². The molecule has 0 aliphatic carbocycles. The Bertz CT molecular complexity index is 539. The first-order chi connectivity index (χ1) is 10.6. The van der Waals surface area contributed by atoms with Crippen molar-refractivity contribution < 1.29 is 24.5 Å². The Kier molecular flexibility index (Phi) is 4.49. The lowest BCUT2D eigenvalue weighted by Gasteiger charge is -2.31. The van der Waals surface area contributed by atoms with E-state index in [1.165, 1.54) is 0 Å². The van der Waals surface area contributed by atoms with Gasteiger partial charge in [0.25, 0.3) is 0 Å². The SMILES string of the molecule is O=C(O)C1CCN(CC(O)c2ccc3c(c2)OCCO3)CC1. The number of nitrogens with zero attached hydrogens (tertiary/aromatic N) is 1. The number of carbonyl (C=O) groups is 1. The molecule has 2 N–H and O–H groups in total. The average Bonchev–Trinajstić information content (AvgIpc) is 2.55. The number of aliphatic hydroxyl groups excluding tert-OH is 1. The average molecular weight is 307 g/mol. The van der Waals surface area contributed by atoms with Crippen LogP contribution < -0.4 is 9.47 Å². The van der Waals surface area contributed by atoms with E-state index in [0.717, 1.165) is 5.56 Å². The van der Waals surface area contributed by atoms with E-state index in [9.17, 15) is 9.90 Å². The van der Waals surface area contributed by atoms with Gasteiger partial charge in [0.15, 0.2) is 11.5 Å². The van der Waals surface area contributed by atoms with Crippen LogP contribution in [0.2, 0.25) is 0 Å². The van der Waals surface area contributed by atoms with Crippen LogP contribution in [-0.2, 0) is 4.79 Å². The summed E-state index contributed by atoms with van der Waals surface area (Å²) in [7, 11) is 0. The second kappa shape index (κ2) is 6.54. The van der Waals surface area contributed by atoms with E-state index in [0.29, 0.717) is 57.2 Å². The molecule has 1 unspecified atom stereocenters. The maximum Gasteiger partial charge on any atom is 0.306 e. The van der Waals surface area contributed by atoms with Gasteiger partial charge in [0.2, 0.25) is 0 Å². The number of ether oxygens (including phenoxy) is 2. The van der Waals surface area contributed by atoms with Gasteiger partial charge in [-0.25, -0.2) is 0 Å². The van der Waals surface area contributed by atoms with Crippen LogP contribution in [0.3, 0.4) is 0 Å². The van der Waals surface area contributed by atoms with Crippen LogP contribution in [0.25, 0.3) is 0 Å². The van der Waals surface area contributed by atoms with Gasteiger partial charge in [-0.2, -0.15) is 0 Å². The lowest BCUT2D eigenvalue weighted by atomic mass is 9.96. The molecular formula is C16H21NO5. The fourth-order valence-corrected chi connectivity index (χ4v) is 2.98. The van der Waals surface area contributed by atoms with Crippen molar-refractivity contribution in [2.45, 2.75) is 18.9 Å². The van der Waals surface area contributed by atoms with E-state index < -0.39 is 12.1 Å². The highest BCUT2D eigenvalue weighted by Crippen LogP contribution is 2.33. The molecule has 6 heteroatoms. The van der Waals surface area contributed by atoms with Gasteiger partial charge < -0.3 is 24.6 Å². The number of likely N-dealkylation sites (tertiary alicyclic amines) is 1. The minimum atomic E-state index is -0.716. The van der Waals surface area contributed by atoms with Crippen molar-refractivity contribution in [3.05, 3.63) is 23.8 Å². The van der Waals surface area contributed by atoms with Crippen LogP contribution in [0, 0.1) is 5.92 Å². The van der Waals surface area contributed by atoms with Crippen molar-refractivity contribution in [2.24, 2.45) is 5.92 Å². The number of hydrogen-bond acceptors (Lipinski definition) is 5. The molecule has 0 saturated carbocycles. The maximum absolute atomic E-state index is 10.9. The number of hydrogen-bond donors (Lipinski definition) is 2. The zero-order valence-electron chi connectivity index (χ0n) is 12.4. The molecule has 0 amide bonds. The quantitative estimate of drug-likeness (QED) is 0.872. The number of carboxylic acid groups (broad SMARTS) is 1. The molecule has 1 aromatic rings. The van der Waals surface area contributed by atoms with Crippen molar-refractivity contribution in [1.29, 1.82) is 0 Å². The first-order valence-corrected chi connectivity index (χ1v) is 7.66. The Morgan fingerprint density at radius 1 is 1.23 bits per heavy atom. The zero-order valence-corrected chi connectivity index (χ0v) is 12.4. The van der Waals surface area contributed by atoms with Gasteiger partial charge in [0.1, 0.15) is 13.2 Å². The summed E-state index contributed by atoms with van der Waals surface area (Å²) in [5, 5.41) is 19.4. The number of fused-ring (bicyclic) bond motifs is 1. The molecule has 1 aromatic carbocycles. The lowest BCUT2D eigenvalue weighted by Crippen LogP contribution is -2.38. The van der Waals surface area contributed by atoms with Crippen molar-refractivity contribution in [3.63, 3.8) is 0 Å². The molecule has 1 saturated heterocycles. The predicted octanol–water partition coefficient (Wildman–Crippen LogP) is 1.29. The Balaban J connectivity index is 1.58. The lowest BCUT2D eigenvalue weighted by molar-refractivity contribution is -0.143. The van der Waals surface area contributed by atoms with E-state index in [4.69, 9.17) is 14.6 Å². The van der Waals surface area contributed by atoms with Crippen LogP contribution >= 0.6 is 0 Å². The molecule has 3 rings (SSSR count). The largest absolute Gasteiger partial charge is 0.486 e. The number of rotatable bonds is 4. The van der Waals surface area contributed by atoms with Gasteiger partial charge in [-0.3, -0.25) is 4.79 Å². The van der Waals surface area contributed by atoms with E-state index >= 15 is 0 Å². The molecule has 2 heterocycles. The smallest absolute Gasteiger partial charge is 0.306 e. The molecule has 0 spiro atoms. The normalized spacial score (nSPS) is 20.6. The highest BCUT2D eigenvalue weighted by atomic mass is 16.6. The van der Waals surface area contributed by atoms with Crippen LogP contribution in [-0.4, -0.2) is 53.9 Å². The Morgan fingerprint density at radius 3 is 2.59 bits per heavy atom. The van der Waals surface area contributed by atoms with Gasteiger partial charge in [-0.15, -0.1) is 0 Å². The second-order valence-electron chi connectivity index (χ2n) is 5.83. The van der Waals surface area contributed by atoms with Crippen molar-refractivity contribution in [1.82, 2.24) is 4.90 Å². The monoisotopic (exact) mass is 307 g/mol. The molecule has 2 aliphatic rings. The van der Waals surface area contributed by atoms with Gasteiger partial charge in [-0.05, 0) is 43.6 Å². The first kappa shape index (κ1) is 15.1. The number of benzene rings is 1. The van der Waals surface area contributed by atoms with E-state index in [2.05, 4.69) is 4.90 Å². The molecule has 0 bridgehead atoms. The highest BCUT2D eigenvalue weighted by Gasteiger charge is 2.26. The number of carboxylic acids is 1. The third-order valence-electron chi connectivity index (χ3n) is 4.32. The van der Waals surface area contributed by atoms with Crippen molar-refractivity contribution in [2.75, 3.05) is 32.8 Å².